The van der Waals surface area contributed by atoms with Crippen molar-refractivity contribution in [2.75, 3.05) is 31.1 Å². The first-order valence-corrected chi connectivity index (χ1v) is 9.96. The van der Waals surface area contributed by atoms with Gasteiger partial charge in [0.15, 0.2) is 4.90 Å². The summed E-state index contributed by atoms with van der Waals surface area (Å²) in [7, 11) is -4.03. The van der Waals surface area contributed by atoms with Crippen LogP contribution in [0.2, 0.25) is 5.02 Å². The fraction of sp³-hybridized carbons (Fsp3) is 0.250. The Morgan fingerprint density at radius 1 is 0.929 bits per heavy atom. The van der Waals surface area contributed by atoms with Crippen molar-refractivity contribution in [2.45, 2.75) is 4.90 Å². The summed E-state index contributed by atoms with van der Waals surface area (Å²) in [5.41, 5.74) is -0.0373. The van der Waals surface area contributed by atoms with Gasteiger partial charge in [0.05, 0.1) is 20.6 Å². The van der Waals surface area contributed by atoms with Crippen molar-refractivity contribution in [1.29, 1.82) is 0 Å². The van der Waals surface area contributed by atoms with E-state index in [4.69, 9.17) is 11.6 Å². The average Bonchev–Trinajstić information content (AvgIpc) is 2.68. The maximum Gasteiger partial charge on any atom is 0.289 e. The zero-order chi connectivity index (χ0) is 20.5. The molecule has 0 amide bonds. The monoisotopic (exact) mass is 426 g/mol. The molecule has 10 nitrogen and oxygen atoms in total. The quantitative estimate of drug-likeness (QED) is 0.531. The van der Waals surface area contributed by atoms with E-state index < -0.39 is 25.6 Å². The molecule has 28 heavy (non-hydrogen) atoms. The first kappa shape index (κ1) is 20.0. The van der Waals surface area contributed by atoms with E-state index in [1.54, 1.807) is 0 Å². The van der Waals surface area contributed by atoms with Crippen LogP contribution in [0.3, 0.4) is 0 Å². The minimum Gasteiger partial charge on any atom is -0.368 e. The number of sulfonamides is 1. The Bertz CT molecular complexity index is 1040. The molecule has 0 aromatic heterocycles. The van der Waals surface area contributed by atoms with Gasteiger partial charge in [-0.3, -0.25) is 20.2 Å². The molecule has 0 radical (unpaired) electrons. The Balaban J connectivity index is 1.79. The van der Waals surface area contributed by atoms with E-state index in [9.17, 15) is 28.6 Å². The van der Waals surface area contributed by atoms with Gasteiger partial charge in [-0.1, -0.05) is 23.7 Å². The number of hydrogen-bond acceptors (Lipinski definition) is 7. The number of rotatable bonds is 5. The number of anilines is 1. The minimum atomic E-state index is -4.03. The molecule has 148 valence electrons. The van der Waals surface area contributed by atoms with E-state index in [2.05, 4.69) is 0 Å². The molecule has 1 aliphatic heterocycles. The molecule has 0 aliphatic carbocycles. The Morgan fingerprint density at radius 3 is 2.14 bits per heavy atom. The maximum atomic E-state index is 12.8. The standard InChI is InChI=1S/C16H15ClN4O6S/c17-13-11-12(20(22)23)5-6-14(13)18-7-9-19(10-8-18)28(26,27)16-4-2-1-3-15(16)21(24)25/h1-6,11H,7-10H2. The average molecular weight is 427 g/mol. The van der Waals surface area contributed by atoms with Crippen LogP contribution in [0.15, 0.2) is 47.4 Å². The summed E-state index contributed by atoms with van der Waals surface area (Å²) in [5, 5.41) is 22.2. The third-order valence-corrected chi connectivity index (χ3v) is 6.65. The van der Waals surface area contributed by atoms with E-state index >= 15 is 0 Å². The maximum absolute atomic E-state index is 12.8. The molecule has 1 aliphatic rings. The van der Waals surface area contributed by atoms with Crippen LogP contribution in [0.25, 0.3) is 0 Å². The molecular weight excluding hydrogens is 412 g/mol. The number of non-ortho nitro benzene ring substituents is 1. The third-order valence-electron chi connectivity index (χ3n) is 4.40. The second-order valence-electron chi connectivity index (χ2n) is 6.01. The fourth-order valence-electron chi connectivity index (χ4n) is 3.00. The zero-order valence-electron chi connectivity index (χ0n) is 14.4. The Morgan fingerprint density at radius 2 is 1.57 bits per heavy atom. The van der Waals surface area contributed by atoms with E-state index in [1.165, 1.54) is 40.7 Å². The molecule has 0 spiro atoms. The van der Waals surface area contributed by atoms with Gasteiger partial charge in [-0.15, -0.1) is 0 Å². The van der Waals surface area contributed by atoms with Crippen molar-refractivity contribution in [3.05, 3.63) is 67.7 Å². The van der Waals surface area contributed by atoms with E-state index in [-0.39, 0.29) is 41.8 Å². The van der Waals surface area contributed by atoms with Crippen molar-refractivity contribution >= 4 is 38.7 Å². The molecule has 0 bridgehead atoms. The van der Waals surface area contributed by atoms with Gasteiger partial charge in [-0.05, 0) is 12.1 Å². The van der Waals surface area contributed by atoms with Crippen LogP contribution in [0.4, 0.5) is 17.1 Å². The van der Waals surface area contributed by atoms with Crippen molar-refractivity contribution in [3.8, 4) is 0 Å². The molecular formula is C16H15ClN4O6S. The Labute approximate surface area is 165 Å². The lowest BCUT2D eigenvalue weighted by atomic mass is 10.2. The number of nitrogens with zero attached hydrogens (tertiary/aromatic N) is 4. The van der Waals surface area contributed by atoms with Crippen LogP contribution < -0.4 is 4.90 Å². The number of benzene rings is 2. The highest BCUT2D eigenvalue weighted by molar-refractivity contribution is 7.89. The van der Waals surface area contributed by atoms with Crippen molar-refractivity contribution in [3.63, 3.8) is 0 Å². The predicted molar refractivity (Wildman–Crippen MR) is 102 cm³/mol. The van der Waals surface area contributed by atoms with Gasteiger partial charge in [0.25, 0.3) is 11.4 Å². The van der Waals surface area contributed by atoms with E-state index in [0.717, 1.165) is 6.07 Å². The number of nitro benzene ring substituents is 2. The lowest BCUT2D eigenvalue weighted by molar-refractivity contribution is -0.387. The molecule has 1 heterocycles. The predicted octanol–water partition coefficient (Wildman–Crippen LogP) is 2.67. The van der Waals surface area contributed by atoms with Gasteiger partial charge in [0, 0.05) is 44.4 Å². The Kier molecular flexibility index (Phi) is 5.49. The van der Waals surface area contributed by atoms with Crippen molar-refractivity contribution < 1.29 is 18.3 Å². The molecule has 1 fully saturated rings. The zero-order valence-corrected chi connectivity index (χ0v) is 16.0. The van der Waals surface area contributed by atoms with Gasteiger partial charge >= 0.3 is 0 Å². The normalized spacial score (nSPS) is 15.4. The molecule has 0 saturated carbocycles. The van der Waals surface area contributed by atoms with Crippen LogP contribution in [-0.4, -0.2) is 48.7 Å². The van der Waals surface area contributed by atoms with Gasteiger partial charge in [0.1, 0.15) is 0 Å². The van der Waals surface area contributed by atoms with Crippen LogP contribution in [0.5, 0.6) is 0 Å². The van der Waals surface area contributed by atoms with Gasteiger partial charge in [0.2, 0.25) is 10.0 Å². The number of piperazine rings is 1. The van der Waals surface area contributed by atoms with Gasteiger partial charge in [-0.25, -0.2) is 8.42 Å². The summed E-state index contributed by atoms with van der Waals surface area (Å²) in [6, 6.07) is 9.31. The smallest absolute Gasteiger partial charge is 0.289 e. The van der Waals surface area contributed by atoms with E-state index in [0.29, 0.717) is 5.69 Å². The van der Waals surface area contributed by atoms with Crippen LogP contribution in [0.1, 0.15) is 0 Å². The molecule has 0 atom stereocenters. The van der Waals surface area contributed by atoms with Gasteiger partial charge in [-0.2, -0.15) is 4.31 Å². The first-order chi connectivity index (χ1) is 13.2. The fourth-order valence-corrected chi connectivity index (χ4v) is 4.87. The summed E-state index contributed by atoms with van der Waals surface area (Å²) in [5.74, 6) is 0. The number of nitro groups is 2. The van der Waals surface area contributed by atoms with Gasteiger partial charge < -0.3 is 4.90 Å². The SMILES string of the molecule is O=[N+]([O-])c1ccc(N2CCN(S(=O)(=O)c3ccccc3[N+](=O)[O-])CC2)c(Cl)c1. The lowest BCUT2D eigenvalue weighted by Crippen LogP contribution is -2.48. The van der Waals surface area contributed by atoms with Crippen molar-refractivity contribution in [1.82, 2.24) is 4.31 Å². The highest BCUT2D eigenvalue weighted by atomic mass is 35.5. The van der Waals surface area contributed by atoms with Crippen molar-refractivity contribution in [2.24, 2.45) is 0 Å². The Hall–Kier alpha value is -2.76. The molecule has 0 unspecified atom stereocenters. The first-order valence-electron chi connectivity index (χ1n) is 8.14. The highest BCUT2D eigenvalue weighted by Gasteiger charge is 2.33. The van der Waals surface area contributed by atoms with Crippen LogP contribution >= 0.6 is 11.6 Å². The second kappa shape index (κ2) is 7.70. The number of para-hydroxylation sites is 1. The lowest BCUT2D eigenvalue weighted by Gasteiger charge is -2.35. The van der Waals surface area contributed by atoms with Crippen LogP contribution in [0, 0.1) is 20.2 Å². The summed E-state index contributed by atoms with van der Waals surface area (Å²) in [6.45, 7) is 0.776. The number of hydrogen-bond donors (Lipinski definition) is 0. The minimum absolute atomic E-state index is 0.0989. The second-order valence-corrected chi connectivity index (χ2v) is 8.32. The molecule has 2 aromatic carbocycles. The molecule has 12 heteroatoms. The molecule has 1 saturated heterocycles. The largest absolute Gasteiger partial charge is 0.368 e. The summed E-state index contributed by atoms with van der Waals surface area (Å²) in [6.07, 6.45) is 0. The highest BCUT2D eigenvalue weighted by Crippen LogP contribution is 2.32. The van der Waals surface area contributed by atoms with E-state index in [1.807, 2.05) is 4.90 Å². The summed E-state index contributed by atoms with van der Waals surface area (Å²) in [4.78, 5) is 22.2. The summed E-state index contributed by atoms with van der Waals surface area (Å²) < 4.78 is 26.9. The molecule has 3 rings (SSSR count). The molecule has 0 N–H and O–H groups in total. The summed E-state index contributed by atoms with van der Waals surface area (Å²) >= 11 is 6.13. The van der Waals surface area contributed by atoms with Crippen LogP contribution in [-0.2, 0) is 10.0 Å². The topological polar surface area (TPSA) is 127 Å². The molecule has 2 aromatic rings. The number of halogens is 1. The third kappa shape index (κ3) is 3.77.